The van der Waals surface area contributed by atoms with Crippen LogP contribution in [0.4, 0.5) is 15.2 Å². The largest absolute Gasteiger partial charge is 0.363 e. The van der Waals surface area contributed by atoms with Gasteiger partial charge in [0.2, 0.25) is 11.9 Å². The Bertz CT molecular complexity index is 1530. The molecule has 2 aliphatic rings. The topological polar surface area (TPSA) is 83.4 Å². The predicted octanol–water partition coefficient (Wildman–Crippen LogP) is 5.53. The lowest BCUT2D eigenvalue weighted by Gasteiger charge is -2.38. The van der Waals surface area contributed by atoms with Crippen LogP contribution in [-0.4, -0.2) is 50.9 Å². The van der Waals surface area contributed by atoms with Crippen LogP contribution < -0.4 is 10.2 Å². The Labute approximate surface area is 242 Å². The van der Waals surface area contributed by atoms with Gasteiger partial charge in [-0.1, -0.05) is 12.1 Å². The average molecular weight is 573 g/mol. The third-order valence-electron chi connectivity index (χ3n) is 8.05. The number of halogens is 1. The summed E-state index contributed by atoms with van der Waals surface area (Å²) >= 11 is 1.43. The van der Waals surface area contributed by atoms with Gasteiger partial charge >= 0.3 is 0 Å². The van der Waals surface area contributed by atoms with E-state index in [9.17, 15) is 14.0 Å². The second-order valence-corrected chi connectivity index (χ2v) is 11.7. The first-order valence-electron chi connectivity index (χ1n) is 14.1. The van der Waals surface area contributed by atoms with Crippen LogP contribution in [0.25, 0.3) is 0 Å². The molecule has 0 spiro atoms. The van der Waals surface area contributed by atoms with Crippen molar-refractivity contribution in [3.63, 3.8) is 0 Å². The average Bonchev–Trinajstić information content (AvgIpc) is 3.69. The van der Waals surface area contributed by atoms with Gasteiger partial charge in [0.15, 0.2) is 5.13 Å². The van der Waals surface area contributed by atoms with Crippen LogP contribution in [0.1, 0.15) is 59.5 Å². The van der Waals surface area contributed by atoms with Crippen molar-refractivity contribution in [1.82, 2.24) is 19.4 Å². The number of nitrogens with one attached hydrogen (secondary N) is 1. The number of hydrogen-bond donors (Lipinski definition) is 1. The second kappa shape index (κ2) is 11.8. The van der Waals surface area contributed by atoms with Crippen LogP contribution in [0.5, 0.6) is 0 Å². The number of rotatable bonds is 9. The Kier molecular flexibility index (Phi) is 7.82. The Balaban J connectivity index is 1.06. The van der Waals surface area contributed by atoms with E-state index in [1.807, 2.05) is 10.3 Å². The number of pyridine rings is 1. The van der Waals surface area contributed by atoms with E-state index in [4.69, 9.17) is 4.98 Å². The van der Waals surface area contributed by atoms with Crippen molar-refractivity contribution in [3.8, 4) is 0 Å². The summed E-state index contributed by atoms with van der Waals surface area (Å²) in [4.78, 5) is 37.2. The van der Waals surface area contributed by atoms with E-state index in [0.717, 1.165) is 56.6 Å². The molecule has 2 fully saturated rings. The zero-order chi connectivity index (χ0) is 28.3. The first-order chi connectivity index (χ1) is 19.9. The maximum absolute atomic E-state index is 13.5. The molecule has 3 aromatic heterocycles. The smallest absolute Gasteiger partial charge is 0.274 e. The fraction of sp³-hybridized carbons (Fsp3) is 0.355. The van der Waals surface area contributed by atoms with E-state index < -0.39 is 5.95 Å². The molecule has 0 aliphatic carbocycles. The SMILES string of the molecule is CC(=O)N1CC(CCc2ccc(N3CCC[C@@H]3c3csc(NC(=O)c4cccn4Cc4ccnc(F)c4)n3)cc2)C1. The fourth-order valence-electron chi connectivity index (χ4n) is 5.77. The third-order valence-corrected chi connectivity index (χ3v) is 8.83. The summed E-state index contributed by atoms with van der Waals surface area (Å²) in [6.07, 6.45) is 7.46. The van der Waals surface area contributed by atoms with E-state index in [1.54, 1.807) is 35.9 Å². The van der Waals surface area contributed by atoms with Crippen molar-refractivity contribution >= 4 is 34.0 Å². The van der Waals surface area contributed by atoms with E-state index >= 15 is 0 Å². The zero-order valence-corrected chi connectivity index (χ0v) is 23.8. The Morgan fingerprint density at radius 1 is 1.12 bits per heavy atom. The maximum atomic E-state index is 13.5. The number of aromatic nitrogens is 3. The molecular weight excluding hydrogens is 539 g/mol. The van der Waals surface area contributed by atoms with Crippen LogP contribution in [0.2, 0.25) is 0 Å². The minimum absolute atomic E-state index is 0.167. The summed E-state index contributed by atoms with van der Waals surface area (Å²) < 4.78 is 15.3. The monoisotopic (exact) mass is 572 g/mol. The number of amides is 2. The number of carbonyl (C=O) groups is 2. The van der Waals surface area contributed by atoms with Gasteiger partial charge in [0.05, 0.1) is 11.7 Å². The summed E-state index contributed by atoms with van der Waals surface area (Å²) in [6.45, 7) is 4.75. The normalized spacial score (nSPS) is 17.1. The molecule has 4 aromatic rings. The Hall–Kier alpha value is -4.05. The highest BCUT2D eigenvalue weighted by molar-refractivity contribution is 7.14. The van der Waals surface area contributed by atoms with Crippen LogP contribution in [0.15, 0.2) is 66.3 Å². The van der Waals surface area contributed by atoms with E-state index in [0.29, 0.717) is 23.3 Å². The molecule has 10 heteroatoms. The molecule has 1 N–H and O–H groups in total. The molecule has 1 aromatic carbocycles. The Morgan fingerprint density at radius 3 is 2.73 bits per heavy atom. The molecule has 6 rings (SSSR count). The number of likely N-dealkylation sites (tertiary alicyclic amines) is 1. The van der Waals surface area contributed by atoms with Crippen molar-refractivity contribution in [2.75, 3.05) is 29.9 Å². The van der Waals surface area contributed by atoms with Gasteiger partial charge in [0.1, 0.15) is 5.69 Å². The summed E-state index contributed by atoms with van der Waals surface area (Å²) in [5.41, 5.74) is 4.69. The first-order valence-corrected chi connectivity index (χ1v) is 14.9. The van der Waals surface area contributed by atoms with E-state index in [-0.39, 0.29) is 17.9 Å². The van der Waals surface area contributed by atoms with Crippen LogP contribution in [0.3, 0.4) is 0 Å². The standard InChI is InChI=1S/C31H33FN6O2S/c1-21(39)37-18-24(19-37)7-6-22-8-10-25(11-9-22)38-15-3-4-27(38)26-20-41-31(34-26)35-30(40)28-5-2-14-36(28)17-23-12-13-33-29(32)16-23/h2,5,8-14,16,20,24,27H,3-4,6-7,15,17-19H2,1H3,(H,34,35,40)/t27-/m1/s1. The summed E-state index contributed by atoms with van der Waals surface area (Å²) in [6, 6.07) is 15.7. The number of carbonyl (C=O) groups excluding carboxylic acids is 2. The molecule has 1 atom stereocenters. The van der Waals surface area contributed by atoms with Crippen molar-refractivity contribution < 1.29 is 14.0 Å². The first kappa shape index (κ1) is 27.1. The molecule has 0 unspecified atom stereocenters. The van der Waals surface area contributed by atoms with Crippen molar-refractivity contribution in [1.29, 1.82) is 0 Å². The van der Waals surface area contributed by atoms with Crippen LogP contribution in [0, 0.1) is 11.9 Å². The lowest BCUT2D eigenvalue weighted by Crippen LogP contribution is -2.49. The van der Waals surface area contributed by atoms with Gasteiger partial charge in [0.25, 0.3) is 5.91 Å². The van der Waals surface area contributed by atoms with Crippen molar-refractivity contribution in [2.24, 2.45) is 5.92 Å². The Morgan fingerprint density at radius 2 is 1.95 bits per heavy atom. The maximum Gasteiger partial charge on any atom is 0.274 e. The molecule has 0 saturated carbocycles. The molecule has 2 amide bonds. The van der Waals surface area contributed by atoms with Gasteiger partial charge in [-0.3, -0.25) is 14.9 Å². The number of nitrogens with zero attached hydrogens (tertiary/aromatic N) is 5. The summed E-state index contributed by atoms with van der Waals surface area (Å²) in [5.74, 6) is -0.0113. The highest BCUT2D eigenvalue weighted by Crippen LogP contribution is 2.37. The third kappa shape index (κ3) is 6.17. The van der Waals surface area contributed by atoms with Crippen molar-refractivity contribution in [3.05, 3.63) is 94.8 Å². The van der Waals surface area contributed by atoms with Crippen molar-refractivity contribution in [2.45, 2.75) is 45.2 Å². The predicted molar refractivity (Wildman–Crippen MR) is 158 cm³/mol. The second-order valence-electron chi connectivity index (χ2n) is 10.9. The van der Waals surface area contributed by atoms with Gasteiger partial charge in [-0.2, -0.15) is 4.39 Å². The van der Waals surface area contributed by atoms with Crippen LogP contribution >= 0.6 is 11.3 Å². The number of benzene rings is 1. The van der Waals surface area contributed by atoms with Gasteiger partial charge in [0, 0.05) is 56.6 Å². The lowest BCUT2D eigenvalue weighted by atomic mass is 9.92. The molecule has 0 bridgehead atoms. The summed E-state index contributed by atoms with van der Waals surface area (Å²) in [5, 5.41) is 5.55. The summed E-state index contributed by atoms with van der Waals surface area (Å²) in [7, 11) is 0. The molecular formula is C31H33FN6O2S. The number of hydrogen-bond acceptors (Lipinski definition) is 6. The molecule has 8 nitrogen and oxygen atoms in total. The molecule has 2 saturated heterocycles. The minimum Gasteiger partial charge on any atom is -0.363 e. The quantitative estimate of drug-likeness (QED) is 0.267. The molecule has 2 aliphatic heterocycles. The van der Waals surface area contributed by atoms with Crippen LogP contribution in [-0.2, 0) is 17.8 Å². The lowest BCUT2D eigenvalue weighted by molar-refractivity contribution is -0.135. The molecule has 5 heterocycles. The van der Waals surface area contributed by atoms with Gasteiger partial charge < -0.3 is 14.4 Å². The van der Waals surface area contributed by atoms with Gasteiger partial charge in [-0.25, -0.2) is 9.97 Å². The molecule has 0 radical (unpaired) electrons. The highest BCUT2D eigenvalue weighted by Gasteiger charge is 2.29. The van der Waals surface area contributed by atoms with E-state index in [1.165, 1.54) is 34.9 Å². The number of anilines is 2. The fourth-order valence-corrected chi connectivity index (χ4v) is 6.52. The highest BCUT2D eigenvalue weighted by atomic mass is 32.1. The molecule has 41 heavy (non-hydrogen) atoms. The van der Waals surface area contributed by atoms with Gasteiger partial charge in [-0.15, -0.1) is 11.3 Å². The van der Waals surface area contributed by atoms with Gasteiger partial charge in [-0.05, 0) is 79.1 Å². The number of aryl methyl sites for hydroxylation is 1. The number of thiazole rings is 1. The minimum atomic E-state index is -0.542. The zero-order valence-electron chi connectivity index (χ0n) is 23.0. The molecule has 212 valence electrons. The van der Waals surface area contributed by atoms with E-state index in [2.05, 4.69) is 39.5 Å².